The molecule has 0 saturated heterocycles. The van der Waals surface area contributed by atoms with Crippen LogP contribution >= 0.6 is 11.3 Å². The second kappa shape index (κ2) is 8.27. The van der Waals surface area contributed by atoms with Crippen LogP contribution < -0.4 is 14.8 Å². The molecule has 32 heavy (non-hydrogen) atoms. The molecule has 1 amide bonds. The second-order valence-corrected chi connectivity index (χ2v) is 11.3. The standard InChI is InChI=1S/C22H24N4O4S2/c1-13-5-8-15(9-6-13)19(27)23-20-24-25-21(31-20)32(28,29)26-17-12-22(3,4)30-18-11-14(2)7-10-16(17)18/h5-11,17,26H,12H2,1-4H3,(H,23,24,27)/t17-/m1/s1. The van der Waals surface area contributed by atoms with Gasteiger partial charge in [0.15, 0.2) is 0 Å². The maximum absolute atomic E-state index is 13.0. The van der Waals surface area contributed by atoms with E-state index in [1.165, 1.54) is 0 Å². The van der Waals surface area contributed by atoms with Crippen molar-refractivity contribution in [3.63, 3.8) is 0 Å². The number of amides is 1. The van der Waals surface area contributed by atoms with E-state index >= 15 is 0 Å². The van der Waals surface area contributed by atoms with Gasteiger partial charge in [-0.1, -0.05) is 41.2 Å². The van der Waals surface area contributed by atoms with Gasteiger partial charge in [-0.25, -0.2) is 13.1 Å². The van der Waals surface area contributed by atoms with E-state index in [1.807, 2.05) is 58.0 Å². The minimum atomic E-state index is -3.96. The number of benzene rings is 2. The minimum absolute atomic E-state index is 0.110. The van der Waals surface area contributed by atoms with Crippen molar-refractivity contribution in [2.24, 2.45) is 0 Å². The Morgan fingerprint density at radius 3 is 2.50 bits per heavy atom. The summed E-state index contributed by atoms with van der Waals surface area (Å²) in [7, 11) is -3.96. The first kappa shape index (κ1) is 22.4. The van der Waals surface area contributed by atoms with Gasteiger partial charge in [0.2, 0.25) is 9.47 Å². The van der Waals surface area contributed by atoms with Crippen LogP contribution in [0.1, 0.15) is 53.4 Å². The van der Waals surface area contributed by atoms with Crippen LogP contribution in [0.15, 0.2) is 46.8 Å². The van der Waals surface area contributed by atoms with Crippen LogP contribution in [-0.2, 0) is 10.0 Å². The van der Waals surface area contributed by atoms with Crippen molar-refractivity contribution in [2.45, 2.75) is 50.1 Å². The van der Waals surface area contributed by atoms with Gasteiger partial charge in [0.1, 0.15) is 11.4 Å². The maximum atomic E-state index is 13.0. The topological polar surface area (TPSA) is 110 Å². The second-order valence-electron chi connectivity index (χ2n) is 8.47. The number of nitrogens with one attached hydrogen (secondary N) is 2. The molecule has 168 valence electrons. The van der Waals surface area contributed by atoms with Crippen molar-refractivity contribution in [1.29, 1.82) is 0 Å². The first-order valence-corrected chi connectivity index (χ1v) is 12.4. The van der Waals surface area contributed by atoms with E-state index in [0.29, 0.717) is 17.7 Å². The Labute approximate surface area is 191 Å². The molecular formula is C22H24N4O4S2. The summed E-state index contributed by atoms with van der Waals surface area (Å²) in [6, 6.07) is 12.3. The quantitative estimate of drug-likeness (QED) is 0.544. The molecular weight excluding hydrogens is 448 g/mol. The summed E-state index contributed by atoms with van der Waals surface area (Å²) >= 11 is 0.802. The van der Waals surface area contributed by atoms with Crippen LogP contribution in [0.5, 0.6) is 5.75 Å². The number of rotatable bonds is 5. The Morgan fingerprint density at radius 1 is 1.09 bits per heavy atom. The highest BCUT2D eigenvalue weighted by molar-refractivity contribution is 7.91. The third-order valence-electron chi connectivity index (χ3n) is 5.09. The Balaban J connectivity index is 1.53. The monoisotopic (exact) mass is 472 g/mol. The van der Waals surface area contributed by atoms with Gasteiger partial charge < -0.3 is 4.74 Å². The summed E-state index contributed by atoms with van der Waals surface area (Å²) in [5, 5.41) is 10.3. The number of hydrogen-bond acceptors (Lipinski definition) is 7. The maximum Gasteiger partial charge on any atom is 0.270 e. The molecule has 2 heterocycles. The van der Waals surface area contributed by atoms with Crippen LogP contribution in [0, 0.1) is 13.8 Å². The number of carbonyl (C=O) groups excluding carboxylic acids is 1. The van der Waals surface area contributed by atoms with Gasteiger partial charge in [-0.15, -0.1) is 10.2 Å². The van der Waals surface area contributed by atoms with Crippen molar-refractivity contribution >= 4 is 32.4 Å². The molecule has 1 atom stereocenters. The Morgan fingerprint density at radius 2 is 1.78 bits per heavy atom. The van der Waals surface area contributed by atoms with Gasteiger partial charge in [0, 0.05) is 17.5 Å². The van der Waals surface area contributed by atoms with E-state index in [1.54, 1.807) is 12.1 Å². The molecule has 1 aliphatic rings. The molecule has 0 aliphatic carbocycles. The summed E-state index contributed by atoms with van der Waals surface area (Å²) in [6.07, 6.45) is 0.456. The molecule has 1 aliphatic heterocycles. The molecule has 0 radical (unpaired) electrons. The van der Waals surface area contributed by atoms with Crippen LogP contribution in [0.4, 0.5) is 5.13 Å². The average Bonchev–Trinajstić information content (AvgIpc) is 3.16. The number of nitrogens with zero attached hydrogens (tertiary/aromatic N) is 2. The Hall–Kier alpha value is -2.82. The molecule has 4 rings (SSSR count). The first-order valence-electron chi connectivity index (χ1n) is 10.1. The summed E-state index contributed by atoms with van der Waals surface area (Å²) < 4.78 is 34.6. The van der Waals surface area contributed by atoms with Gasteiger partial charge in [0.25, 0.3) is 15.9 Å². The first-order chi connectivity index (χ1) is 15.0. The lowest BCUT2D eigenvalue weighted by molar-refractivity contribution is 0.0701. The van der Waals surface area contributed by atoms with Crippen LogP contribution in [0.2, 0.25) is 0 Å². The normalized spacial score (nSPS) is 17.3. The fourth-order valence-corrected chi connectivity index (χ4v) is 5.67. The zero-order chi connectivity index (χ0) is 23.1. The molecule has 0 unspecified atom stereocenters. The van der Waals surface area contributed by atoms with Crippen LogP contribution in [0.25, 0.3) is 0 Å². The van der Waals surface area contributed by atoms with Crippen molar-refractivity contribution < 1.29 is 17.9 Å². The van der Waals surface area contributed by atoms with Crippen LogP contribution in [0.3, 0.4) is 0 Å². The van der Waals surface area contributed by atoms with E-state index in [2.05, 4.69) is 20.2 Å². The van der Waals surface area contributed by atoms with Crippen molar-refractivity contribution in [1.82, 2.24) is 14.9 Å². The number of carbonyl (C=O) groups is 1. The van der Waals surface area contributed by atoms with Gasteiger partial charge in [-0.3, -0.25) is 10.1 Å². The molecule has 0 spiro atoms. The molecule has 0 bridgehead atoms. The average molecular weight is 473 g/mol. The van der Waals surface area contributed by atoms with E-state index in [0.717, 1.165) is 28.0 Å². The van der Waals surface area contributed by atoms with E-state index in [4.69, 9.17) is 4.74 Å². The van der Waals surface area contributed by atoms with E-state index in [-0.39, 0.29) is 15.4 Å². The molecule has 2 N–H and O–H groups in total. The number of hydrogen-bond donors (Lipinski definition) is 2. The molecule has 2 aromatic carbocycles. The zero-order valence-corrected chi connectivity index (χ0v) is 19.8. The largest absolute Gasteiger partial charge is 0.487 e. The lowest BCUT2D eigenvalue weighted by Gasteiger charge is -2.37. The fourth-order valence-electron chi connectivity index (χ4n) is 3.54. The van der Waals surface area contributed by atoms with Crippen molar-refractivity contribution in [3.8, 4) is 5.75 Å². The SMILES string of the molecule is Cc1ccc(C(=O)Nc2nnc(S(=O)(=O)N[C@@H]3CC(C)(C)Oc4cc(C)ccc43)s2)cc1. The third-order valence-corrected chi connectivity index (χ3v) is 7.77. The Kier molecular flexibility index (Phi) is 5.78. The number of sulfonamides is 1. The summed E-state index contributed by atoms with van der Waals surface area (Å²) in [6.45, 7) is 7.72. The van der Waals surface area contributed by atoms with Crippen LogP contribution in [-0.4, -0.2) is 30.1 Å². The predicted octanol–water partition coefficient (Wildman–Crippen LogP) is 3.99. The summed E-state index contributed by atoms with van der Waals surface area (Å²) in [5.41, 5.74) is 2.74. The van der Waals surface area contributed by atoms with Gasteiger partial charge in [-0.2, -0.15) is 0 Å². The number of ether oxygens (including phenoxy) is 1. The van der Waals surface area contributed by atoms with Gasteiger partial charge >= 0.3 is 0 Å². The Bertz CT molecular complexity index is 1270. The van der Waals surface area contributed by atoms with Crippen molar-refractivity contribution in [3.05, 3.63) is 64.7 Å². The smallest absolute Gasteiger partial charge is 0.270 e. The molecule has 10 heteroatoms. The molecule has 8 nitrogen and oxygen atoms in total. The third kappa shape index (κ3) is 4.82. The van der Waals surface area contributed by atoms with Crippen molar-refractivity contribution in [2.75, 3.05) is 5.32 Å². The van der Waals surface area contributed by atoms with E-state index in [9.17, 15) is 13.2 Å². The number of fused-ring (bicyclic) bond motifs is 1. The fraction of sp³-hybridized carbons (Fsp3) is 0.318. The molecule has 0 saturated carbocycles. The molecule has 1 aromatic heterocycles. The minimum Gasteiger partial charge on any atom is -0.487 e. The number of aryl methyl sites for hydroxylation is 2. The number of anilines is 1. The highest BCUT2D eigenvalue weighted by Crippen LogP contribution is 2.40. The van der Waals surface area contributed by atoms with E-state index < -0.39 is 21.7 Å². The summed E-state index contributed by atoms with van der Waals surface area (Å²) in [5.74, 6) is 0.283. The predicted molar refractivity (Wildman–Crippen MR) is 123 cm³/mol. The number of aromatic nitrogens is 2. The highest BCUT2D eigenvalue weighted by Gasteiger charge is 2.37. The lowest BCUT2D eigenvalue weighted by atomic mass is 9.90. The zero-order valence-electron chi connectivity index (χ0n) is 18.2. The lowest BCUT2D eigenvalue weighted by Crippen LogP contribution is -2.41. The summed E-state index contributed by atoms with van der Waals surface area (Å²) in [4.78, 5) is 12.4. The van der Waals surface area contributed by atoms with Gasteiger partial charge in [-0.05, 0) is 51.5 Å². The van der Waals surface area contributed by atoms with Gasteiger partial charge in [0.05, 0.1) is 6.04 Å². The molecule has 0 fully saturated rings. The highest BCUT2D eigenvalue weighted by atomic mass is 32.2. The molecule has 3 aromatic rings.